The Morgan fingerprint density at radius 3 is 2.67 bits per heavy atom. The van der Waals surface area contributed by atoms with E-state index in [4.69, 9.17) is 0 Å². The van der Waals surface area contributed by atoms with Crippen LogP contribution in [-0.2, 0) is 0 Å². The quantitative estimate of drug-likeness (QED) is 0.755. The maximum absolute atomic E-state index is 4.52. The highest BCUT2D eigenvalue weighted by Crippen LogP contribution is 2.20. The van der Waals surface area contributed by atoms with Gasteiger partial charge in [-0.25, -0.2) is 0 Å². The Bertz CT molecular complexity index is 439. The van der Waals surface area contributed by atoms with Crippen LogP contribution in [0.2, 0.25) is 0 Å². The summed E-state index contributed by atoms with van der Waals surface area (Å²) >= 11 is 0. The smallest absolute Gasteiger partial charge is 0.0885 e. The molecule has 0 spiro atoms. The molecule has 3 nitrogen and oxygen atoms in total. The average molecular weight is 245 g/mol. The van der Waals surface area contributed by atoms with Crippen molar-refractivity contribution in [2.24, 2.45) is 9.98 Å². The largest absolute Gasteiger partial charge is 0.378 e. The number of allylic oxidation sites excluding steroid dienone is 2. The molecule has 98 valence electrons. The fourth-order valence-corrected chi connectivity index (χ4v) is 1.93. The number of hydrogen-bond acceptors (Lipinski definition) is 3. The van der Waals surface area contributed by atoms with Crippen LogP contribution in [0, 0.1) is 0 Å². The first kappa shape index (κ1) is 14.4. The summed E-state index contributed by atoms with van der Waals surface area (Å²) in [6, 6.07) is 0.327. The molecular weight excluding hydrogens is 222 g/mol. The molecule has 0 aromatic heterocycles. The summed E-state index contributed by atoms with van der Waals surface area (Å²) in [5, 5.41) is 3.32. The minimum atomic E-state index is 0.327. The zero-order chi connectivity index (χ0) is 13.7. The Morgan fingerprint density at radius 2 is 2.11 bits per heavy atom. The molecule has 0 aromatic rings. The van der Waals surface area contributed by atoms with Gasteiger partial charge in [-0.2, -0.15) is 0 Å². The van der Waals surface area contributed by atoms with Crippen molar-refractivity contribution in [3.63, 3.8) is 0 Å². The van der Waals surface area contributed by atoms with E-state index < -0.39 is 0 Å². The third-order valence-corrected chi connectivity index (χ3v) is 3.32. The van der Waals surface area contributed by atoms with Crippen LogP contribution in [0.1, 0.15) is 40.5 Å². The molecule has 0 saturated heterocycles. The predicted molar refractivity (Wildman–Crippen MR) is 80.1 cm³/mol. The van der Waals surface area contributed by atoms with Gasteiger partial charge < -0.3 is 5.32 Å². The van der Waals surface area contributed by atoms with E-state index in [1.807, 2.05) is 0 Å². The molecular formula is C15H23N3. The molecule has 1 heterocycles. The van der Waals surface area contributed by atoms with E-state index in [9.17, 15) is 0 Å². The molecule has 1 aliphatic heterocycles. The summed E-state index contributed by atoms with van der Waals surface area (Å²) < 4.78 is 0. The Morgan fingerprint density at radius 1 is 1.44 bits per heavy atom. The standard InChI is InChI=1S/C15H23N3/c1-7-8-14(16-6)9-17-15-11(3)10(2)12(4)18-13(15)5/h9,12,18H,5-8H2,1-4H3/b14-9+,17-15?. The van der Waals surface area contributed by atoms with E-state index >= 15 is 0 Å². The molecule has 0 bridgehead atoms. The van der Waals surface area contributed by atoms with Crippen molar-refractivity contribution in [2.75, 3.05) is 0 Å². The van der Waals surface area contributed by atoms with Crippen molar-refractivity contribution >= 4 is 12.4 Å². The molecule has 1 rings (SSSR count). The molecule has 0 radical (unpaired) electrons. The summed E-state index contributed by atoms with van der Waals surface area (Å²) in [7, 11) is 0. The number of nitrogens with one attached hydrogen (secondary N) is 1. The van der Waals surface area contributed by atoms with Gasteiger partial charge in [0, 0.05) is 12.2 Å². The Balaban J connectivity index is 3.07. The molecule has 0 saturated carbocycles. The number of hydrogen-bond donors (Lipinski definition) is 1. The van der Waals surface area contributed by atoms with Crippen molar-refractivity contribution in [3.8, 4) is 0 Å². The summed E-state index contributed by atoms with van der Waals surface area (Å²) in [5.41, 5.74) is 5.21. The van der Waals surface area contributed by atoms with E-state index in [-0.39, 0.29) is 0 Å². The van der Waals surface area contributed by atoms with E-state index in [1.54, 1.807) is 6.20 Å². The maximum Gasteiger partial charge on any atom is 0.0885 e. The molecule has 1 unspecified atom stereocenters. The Hall–Kier alpha value is -1.64. The van der Waals surface area contributed by atoms with Gasteiger partial charge in [0.1, 0.15) is 0 Å². The maximum atomic E-state index is 4.52. The SMILES string of the molecule is C=N/C(=C/N=C1C(=C)NC(C)C(C)=C1C)CCC. The first-order chi connectivity index (χ1) is 8.51. The molecule has 3 heteroatoms. The molecule has 0 amide bonds. The van der Waals surface area contributed by atoms with Crippen LogP contribution in [0.3, 0.4) is 0 Å². The van der Waals surface area contributed by atoms with Crippen LogP contribution in [0.25, 0.3) is 0 Å². The second kappa shape index (κ2) is 6.34. The first-order valence-electron chi connectivity index (χ1n) is 6.38. The molecule has 0 aromatic carbocycles. The van der Waals surface area contributed by atoms with Crippen LogP contribution in [-0.4, -0.2) is 18.5 Å². The van der Waals surface area contributed by atoms with E-state index in [0.717, 1.165) is 29.9 Å². The Labute approximate surface area is 110 Å². The lowest BCUT2D eigenvalue weighted by Gasteiger charge is -2.27. The topological polar surface area (TPSA) is 36.8 Å². The molecule has 1 atom stereocenters. The summed E-state index contributed by atoms with van der Waals surface area (Å²) in [4.78, 5) is 8.50. The second-order valence-electron chi connectivity index (χ2n) is 4.66. The highest BCUT2D eigenvalue weighted by molar-refractivity contribution is 6.13. The lowest BCUT2D eigenvalue weighted by molar-refractivity contribution is 0.696. The lowest BCUT2D eigenvalue weighted by Crippen LogP contribution is -2.36. The highest BCUT2D eigenvalue weighted by atomic mass is 15.0. The van der Waals surface area contributed by atoms with Crippen LogP contribution in [0.4, 0.5) is 0 Å². The fraction of sp³-hybridized carbons (Fsp3) is 0.467. The average Bonchev–Trinajstić information content (AvgIpc) is 2.34. The van der Waals surface area contributed by atoms with Gasteiger partial charge in [0.15, 0.2) is 0 Å². The van der Waals surface area contributed by atoms with Crippen LogP contribution < -0.4 is 5.32 Å². The van der Waals surface area contributed by atoms with Gasteiger partial charge in [-0.05, 0) is 45.1 Å². The number of aliphatic imine (C=N–C) groups is 2. The van der Waals surface area contributed by atoms with Crippen molar-refractivity contribution in [1.82, 2.24) is 5.32 Å². The minimum absolute atomic E-state index is 0.327. The zero-order valence-corrected chi connectivity index (χ0v) is 11.9. The van der Waals surface area contributed by atoms with Crippen molar-refractivity contribution in [1.29, 1.82) is 0 Å². The lowest BCUT2D eigenvalue weighted by atomic mass is 9.94. The molecule has 1 aliphatic rings. The fourth-order valence-electron chi connectivity index (χ4n) is 1.93. The van der Waals surface area contributed by atoms with Crippen molar-refractivity contribution in [2.45, 2.75) is 46.6 Å². The van der Waals surface area contributed by atoms with Gasteiger partial charge in [0.05, 0.1) is 17.1 Å². The van der Waals surface area contributed by atoms with Gasteiger partial charge in [0.25, 0.3) is 0 Å². The molecule has 0 aliphatic carbocycles. The first-order valence-corrected chi connectivity index (χ1v) is 6.38. The van der Waals surface area contributed by atoms with E-state index in [1.165, 1.54) is 11.1 Å². The highest BCUT2D eigenvalue weighted by Gasteiger charge is 2.20. The van der Waals surface area contributed by atoms with Gasteiger partial charge in [-0.3, -0.25) is 9.98 Å². The van der Waals surface area contributed by atoms with Gasteiger partial charge in [-0.15, -0.1) is 0 Å². The van der Waals surface area contributed by atoms with Crippen molar-refractivity contribution < 1.29 is 0 Å². The zero-order valence-electron chi connectivity index (χ0n) is 11.9. The monoisotopic (exact) mass is 245 g/mol. The Kier molecular flexibility index (Phi) is 5.08. The van der Waals surface area contributed by atoms with Crippen LogP contribution in [0.5, 0.6) is 0 Å². The predicted octanol–water partition coefficient (Wildman–Crippen LogP) is 3.61. The molecule has 18 heavy (non-hydrogen) atoms. The third kappa shape index (κ3) is 3.19. The van der Waals surface area contributed by atoms with Crippen LogP contribution in [0.15, 0.2) is 45.3 Å². The van der Waals surface area contributed by atoms with Crippen molar-refractivity contribution in [3.05, 3.63) is 35.3 Å². The van der Waals surface area contributed by atoms with E-state index in [0.29, 0.717) is 6.04 Å². The summed E-state index contributed by atoms with van der Waals surface area (Å²) in [5.74, 6) is 0. The third-order valence-electron chi connectivity index (χ3n) is 3.32. The van der Waals surface area contributed by atoms with Gasteiger partial charge >= 0.3 is 0 Å². The molecule has 0 fully saturated rings. The number of rotatable bonds is 4. The van der Waals surface area contributed by atoms with E-state index in [2.05, 4.69) is 56.3 Å². The summed E-state index contributed by atoms with van der Waals surface area (Å²) in [6.45, 7) is 16.1. The molecule has 1 N–H and O–H groups in total. The van der Waals surface area contributed by atoms with Gasteiger partial charge in [0.2, 0.25) is 0 Å². The number of nitrogens with zero attached hydrogens (tertiary/aromatic N) is 2. The summed E-state index contributed by atoms with van der Waals surface area (Å²) in [6.07, 6.45) is 3.74. The van der Waals surface area contributed by atoms with Crippen LogP contribution >= 0.6 is 0 Å². The second-order valence-corrected chi connectivity index (χ2v) is 4.66. The minimum Gasteiger partial charge on any atom is -0.378 e. The van der Waals surface area contributed by atoms with Gasteiger partial charge in [-0.1, -0.05) is 19.9 Å². The normalized spacial score (nSPS) is 23.3.